The normalized spacial score (nSPS) is 10.5. The molecule has 0 aliphatic rings. The second-order valence-electron chi connectivity index (χ2n) is 2.81. The van der Waals surface area contributed by atoms with Gasteiger partial charge in [0.15, 0.2) is 4.34 Å². The van der Waals surface area contributed by atoms with Gasteiger partial charge in [0.2, 0.25) is 0 Å². The molecule has 1 aromatic carbocycles. The van der Waals surface area contributed by atoms with Crippen molar-refractivity contribution < 1.29 is 0 Å². The first-order valence-electron chi connectivity index (χ1n) is 4.19. The van der Waals surface area contributed by atoms with Gasteiger partial charge < -0.3 is 5.73 Å². The van der Waals surface area contributed by atoms with Crippen molar-refractivity contribution in [1.82, 2.24) is 10.2 Å². The quantitative estimate of drug-likeness (QED) is 0.699. The summed E-state index contributed by atoms with van der Waals surface area (Å²) in [5, 5.41) is 7.75. The molecule has 3 nitrogen and oxygen atoms in total. The van der Waals surface area contributed by atoms with Gasteiger partial charge in [0.1, 0.15) is 5.51 Å². The summed E-state index contributed by atoms with van der Waals surface area (Å²) >= 11 is 6.68. The van der Waals surface area contributed by atoms with Gasteiger partial charge >= 0.3 is 0 Å². The number of halogens is 1. The second kappa shape index (κ2) is 4.96. The average molecular weight is 302 g/mol. The lowest BCUT2D eigenvalue weighted by Crippen LogP contribution is -1.90. The summed E-state index contributed by atoms with van der Waals surface area (Å²) in [4.78, 5) is 0. The number of anilines is 1. The first-order valence-corrected chi connectivity index (χ1v) is 6.85. The van der Waals surface area contributed by atoms with Crippen LogP contribution in [-0.4, -0.2) is 10.2 Å². The molecule has 0 amide bonds. The fourth-order valence-electron chi connectivity index (χ4n) is 1.08. The first kappa shape index (κ1) is 10.9. The van der Waals surface area contributed by atoms with E-state index >= 15 is 0 Å². The number of nitrogens with zero attached hydrogens (tertiary/aromatic N) is 2. The molecule has 2 rings (SSSR count). The number of nitrogen functional groups attached to an aromatic ring is 1. The molecule has 0 bridgehead atoms. The van der Waals surface area contributed by atoms with E-state index in [2.05, 4.69) is 32.2 Å². The Labute approximate surface area is 104 Å². The molecule has 2 aromatic rings. The van der Waals surface area contributed by atoms with Crippen LogP contribution in [-0.2, 0) is 5.75 Å². The van der Waals surface area contributed by atoms with Gasteiger partial charge in [0.05, 0.1) is 0 Å². The molecule has 0 saturated carbocycles. The maximum atomic E-state index is 5.79. The van der Waals surface area contributed by atoms with Crippen molar-refractivity contribution in [2.75, 3.05) is 5.73 Å². The number of rotatable bonds is 3. The average Bonchev–Trinajstić information content (AvgIpc) is 2.73. The summed E-state index contributed by atoms with van der Waals surface area (Å²) in [7, 11) is 0. The van der Waals surface area contributed by atoms with Crippen LogP contribution >= 0.6 is 39.0 Å². The van der Waals surface area contributed by atoms with Crippen LogP contribution in [0, 0.1) is 0 Å². The summed E-state index contributed by atoms with van der Waals surface area (Å²) in [6.07, 6.45) is 0. The molecule has 1 aromatic heterocycles. The van der Waals surface area contributed by atoms with Gasteiger partial charge in [-0.25, -0.2) is 0 Å². The third-order valence-electron chi connectivity index (χ3n) is 1.80. The van der Waals surface area contributed by atoms with Crippen LogP contribution < -0.4 is 5.73 Å². The second-order valence-corrected chi connectivity index (χ2v) is 5.66. The minimum absolute atomic E-state index is 0.769. The number of nitrogens with two attached hydrogens (primary N) is 1. The van der Waals surface area contributed by atoms with E-state index in [1.54, 1.807) is 28.6 Å². The lowest BCUT2D eigenvalue weighted by molar-refractivity contribution is 1.01. The third-order valence-corrected chi connectivity index (χ3v) is 4.68. The number of aromatic nitrogens is 2. The van der Waals surface area contributed by atoms with Crippen molar-refractivity contribution in [2.45, 2.75) is 10.1 Å². The number of hydrogen-bond donors (Lipinski definition) is 1. The van der Waals surface area contributed by atoms with Gasteiger partial charge in [-0.3, -0.25) is 0 Å². The Morgan fingerprint density at radius 3 is 3.07 bits per heavy atom. The van der Waals surface area contributed by atoms with E-state index in [0.29, 0.717) is 0 Å². The maximum absolute atomic E-state index is 5.79. The summed E-state index contributed by atoms with van der Waals surface area (Å²) < 4.78 is 1.95. The SMILES string of the molecule is Nc1cccc(CSc2nncs2)c1Br. The number of hydrogen-bond acceptors (Lipinski definition) is 5. The fourth-order valence-corrected chi connectivity index (χ4v) is 3.15. The zero-order valence-corrected chi connectivity index (χ0v) is 10.9. The number of thioether (sulfide) groups is 1. The Morgan fingerprint density at radius 1 is 1.47 bits per heavy atom. The molecule has 0 aliphatic carbocycles. The molecule has 0 fully saturated rings. The van der Waals surface area contributed by atoms with E-state index in [4.69, 9.17) is 5.73 Å². The van der Waals surface area contributed by atoms with Crippen molar-refractivity contribution in [3.8, 4) is 0 Å². The highest BCUT2D eigenvalue weighted by molar-refractivity contribution is 9.10. The summed E-state index contributed by atoms with van der Waals surface area (Å²) in [6, 6.07) is 5.88. The molecule has 1 heterocycles. The van der Waals surface area contributed by atoms with Gasteiger partial charge in [0.25, 0.3) is 0 Å². The molecule has 0 spiro atoms. The highest BCUT2D eigenvalue weighted by Crippen LogP contribution is 2.30. The molecule has 0 unspecified atom stereocenters. The van der Waals surface area contributed by atoms with E-state index in [1.807, 2.05) is 12.1 Å². The lowest BCUT2D eigenvalue weighted by atomic mass is 10.2. The minimum atomic E-state index is 0.769. The lowest BCUT2D eigenvalue weighted by Gasteiger charge is -2.04. The predicted molar refractivity (Wildman–Crippen MR) is 68.0 cm³/mol. The molecule has 0 radical (unpaired) electrons. The predicted octanol–water partition coefficient (Wildman–Crippen LogP) is 3.18. The van der Waals surface area contributed by atoms with Crippen LogP contribution in [0.3, 0.4) is 0 Å². The first-order chi connectivity index (χ1) is 7.27. The molecule has 0 atom stereocenters. The topological polar surface area (TPSA) is 51.8 Å². The van der Waals surface area contributed by atoms with Crippen molar-refractivity contribution in [3.63, 3.8) is 0 Å². The Balaban J connectivity index is 2.08. The standard InChI is InChI=1S/C9H8BrN3S2/c10-8-6(2-1-3-7(8)11)4-14-9-13-12-5-15-9/h1-3,5H,4,11H2. The molecule has 0 saturated heterocycles. The summed E-state index contributed by atoms with van der Waals surface area (Å²) in [6.45, 7) is 0. The van der Waals surface area contributed by atoms with Crippen LogP contribution in [0.2, 0.25) is 0 Å². The van der Waals surface area contributed by atoms with E-state index in [1.165, 1.54) is 5.56 Å². The Kier molecular flexibility index (Phi) is 3.61. The maximum Gasteiger partial charge on any atom is 0.174 e. The molecule has 0 aliphatic heterocycles. The Hall–Kier alpha value is -0.590. The molecule has 6 heteroatoms. The van der Waals surface area contributed by atoms with Crippen molar-refractivity contribution in [2.24, 2.45) is 0 Å². The fraction of sp³-hybridized carbons (Fsp3) is 0.111. The summed E-state index contributed by atoms with van der Waals surface area (Å²) in [5.74, 6) is 0.848. The molecule has 2 N–H and O–H groups in total. The molecular weight excluding hydrogens is 294 g/mol. The molecule has 78 valence electrons. The highest BCUT2D eigenvalue weighted by Gasteiger charge is 2.04. The van der Waals surface area contributed by atoms with Gasteiger partial charge in [0, 0.05) is 15.9 Å². The zero-order valence-electron chi connectivity index (χ0n) is 7.68. The monoisotopic (exact) mass is 301 g/mol. The largest absolute Gasteiger partial charge is 0.398 e. The molecule has 15 heavy (non-hydrogen) atoms. The number of benzene rings is 1. The molecular formula is C9H8BrN3S2. The van der Waals surface area contributed by atoms with Crippen LogP contribution in [0.25, 0.3) is 0 Å². The van der Waals surface area contributed by atoms with Crippen LogP contribution in [0.4, 0.5) is 5.69 Å². The van der Waals surface area contributed by atoms with Crippen LogP contribution in [0.1, 0.15) is 5.56 Å². The van der Waals surface area contributed by atoms with Crippen LogP contribution in [0.15, 0.2) is 32.5 Å². The Bertz CT molecular complexity index is 445. The van der Waals surface area contributed by atoms with E-state index in [9.17, 15) is 0 Å². The third kappa shape index (κ3) is 2.70. The van der Waals surface area contributed by atoms with Crippen LogP contribution in [0.5, 0.6) is 0 Å². The van der Waals surface area contributed by atoms with Crippen molar-refractivity contribution in [1.29, 1.82) is 0 Å². The Morgan fingerprint density at radius 2 is 2.33 bits per heavy atom. The highest BCUT2D eigenvalue weighted by atomic mass is 79.9. The van der Waals surface area contributed by atoms with Crippen molar-refractivity contribution >= 4 is 44.7 Å². The van der Waals surface area contributed by atoms with E-state index in [-0.39, 0.29) is 0 Å². The van der Waals surface area contributed by atoms with Gasteiger partial charge in [-0.15, -0.1) is 10.2 Å². The summed E-state index contributed by atoms with van der Waals surface area (Å²) in [5.41, 5.74) is 9.47. The van der Waals surface area contributed by atoms with Gasteiger partial charge in [-0.2, -0.15) is 0 Å². The zero-order chi connectivity index (χ0) is 10.7. The van der Waals surface area contributed by atoms with Crippen molar-refractivity contribution in [3.05, 3.63) is 33.7 Å². The minimum Gasteiger partial charge on any atom is -0.398 e. The van der Waals surface area contributed by atoms with E-state index < -0.39 is 0 Å². The van der Waals surface area contributed by atoms with E-state index in [0.717, 1.165) is 20.3 Å². The smallest absolute Gasteiger partial charge is 0.174 e. The van der Waals surface area contributed by atoms with Gasteiger partial charge in [-0.1, -0.05) is 35.2 Å². The van der Waals surface area contributed by atoms with Gasteiger partial charge in [-0.05, 0) is 27.6 Å².